The molecule has 12 rings (SSSR count). The molecule has 3 saturated heterocycles. The molecule has 3 heterocycles. The lowest BCUT2D eigenvalue weighted by molar-refractivity contribution is -0.356. The first-order chi connectivity index (χ1) is 43.2. The Balaban J connectivity index is 0.792. The summed E-state index contributed by atoms with van der Waals surface area (Å²) in [5, 5.41) is 144. The van der Waals surface area contributed by atoms with Crippen molar-refractivity contribution in [1.29, 1.82) is 0 Å². The van der Waals surface area contributed by atoms with Crippen LogP contribution in [-0.4, -0.2) is 203 Å². The number of hydrogen-bond donors (Lipinski definition) is 13. The van der Waals surface area contributed by atoms with Crippen LogP contribution in [0.3, 0.4) is 0 Å². The first-order valence-corrected chi connectivity index (χ1v) is 35.3. The molecule has 21 nitrogen and oxygen atoms in total. The van der Waals surface area contributed by atoms with Gasteiger partial charge in [0.05, 0.1) is 67.8 Å². The Hall–Kier alpha value is -2.26. The Morgan fingerprint density at radius 2 is 1.09 bits per heavy atom. The van der Waals surface area contributed by atoms with Crippen molar-refractivity contribution in [3.05, 3.63) is 23.3 Å². The molecule has 0 aromatic heterocycles. The summed E-state index contributed by atoms with van der Waals surface area (Å²) in [5.41, 5.74) is -5.49. The second-order valence-electron chi connectivity index (χ2n) is 35.7. The Morgan fingerprint density at radius 1 is 0.559 bits per heavy atom. The monoisotopic (exact) mass is 1310 g/mol. The maximum absolute atomic E-state index is 15.4. The zero-order chi connectivity index (χ0) is 67.9. The number of rotatable bonds is 11. The van der Waals surface area contributed by atoms with Crippen molar-refractivity contribution in [2.75, 3.05) is 26.4 Å². The van der Waals surface area contributed by atoms with Gasteiger partial charge in [0.2, 0.25) is 12.6 Å². The smallest absolute Gasteiger partial charge is 0.315 e. The summed E-state index contributed by atoms with van der Waals surface area (Å²) >= 11 is 0. The maximum atomic E-state index is 15.4. The van der Waals surface area contributed by atoms with Crippen molar-refractivity contribution < 1.29 is 104 Å². The second-order valence-corrected chi connectivity index (χ2v) is 35.7. The first kappa shape index (κ1) is 70.6. The molecule has 12 aliphatic rings. The van der Waals surface area contributed by atoms with Gasteiger partial charge in [-0.1, -0.05) is 106 Å². The van der Waals surface area contributed by atoms with E-state index in [2.05, 4.69) is 74.5 Å². The second kappa shape index (κ2) is 23.4. The van der Waals surface area contributed by atoms with E-state index in [4.69, 9.17) is 28.4 Å². The summed E-state index contributed by atoms with van der Waals surface area (Å²) in [5.74, 6) is -1.77. The number of esters is 2. The molecule has 21 heteroatoms. The summed E-state index contributed by atoms with van der Waals surface area (Å²) in [4.78, 5) is 30.3. The lowest BCUT2D eigenvalue weighted by Gasteiger charge is -2.72. The Bertz CT molecular complexity index is 2920. The molecule has 9 aliphatic carbocycles. The van der Waals surface area contributed by atoms with Crippen LogP contribution in [0.1, 0.15) is 192 Å². The number of allylic oxidation sites excluding steroid dienone is 3. The Morgan fingerprint density at radius 3 is 1.68 bits per heavy atom. The van der Waals surface area contributed by atoms with Crippen molar-refractivity contribution in [2.24, 2.45) is 94.6 Å². The molecule has 10 fully saturated rings. The lowest BCUT2D eigenvalue weighted by atomic mass is 9.33. The molecular formula is C72H114O21. The number of carbonyl (C=O) groups is 2. The van der Waals surface area contributed by atoms with Crippen LogP contribution < -0.4 is 0 Å². The van der Waals surface area contributed by atoms with E-state index in [1.54, 1.807) is 0 Å². The molecule has 0 aromatic carbocycles. The summed E-state index contributed by atoms with van der Waals surface area (Å²) in [6, 6.07) is 0. The van der Waals surface area contributed by atoms with Crippen molar-refractivity contribution in [1.82, 2.24) is 0 Å². The quantitative estimate of drug-likeness (QED) is 0.0992. The molecule has 3 aliphatic heterocycles. The van der Waals surface area contributed by atoms with E-state index < -0.39 is 183 Å². The van der Waals surface area contributed by atoms with Gasteiger partial charge < -0.3 is 94.8 Å². The molecule has 31 atom stereocenters. The van der Waals surface area contributed by atoms with Gasteiger partial charge in [0.25, 0.3) is 0 Å². The van der Waals surface area contributed by atoms with Crippen LogP contribution >= 0.6 is 0 Å². The zero-order valence-electron chi connectivity index (χ0n) is 57.2. The predicted octanol–water partition coefficient (Wildman–Crippen LogP) is 4.61. The number of fused-ring (bicyclic) bond motifs is 14. The van der Waals surface area contributed by atoms with Gasteiger partial charge in [-0.05, 0) is 171 Å². The molecule has 0 unspecified atom stereocenters. The van der Waals surface area contributed by atoms with Crippen molar-refractivity contribution >= 4 is 11.9 Å². The van der Waals surface area contributed by atoms with E-state index in [0.717, 1.165) is 36.8 Å². The van der Waals surface area contributed by atoms with E-state index in [1.165, 1.54) is 0 Å². The van der Waals surface area contributed by atoms with Gasteiger partial charge in [-0.25, -0.2) is 0 Å². The highest BCUT2D eigenvalue weighted by Gasteiger charge is 2.74. The highest BCUT2D eigenvalue weighted by molar-refractivity contribution is 5.79. The maximum Gasteiger partial charge on any atom is 0.315 e. The van der Waals surface area contributed by atoms with E-state index >= 15 is 4.79 Å². The van der Waals surface area contributed by atoms with Gasteiger partial charge in [0.15, 0.2) is 6.29 Å². The van der Waals surface area contributed by atoms with Gasteiger partial charge in [0.1, 0.15) is 48.8 Å². The van der Waals surface area contributed by atoms with Gasteiger partial charge in [0, 0.05) is 22.2 Å². The largest absolute Gasteiger partial charge is 0.432 e. The molecule has 93 heavy (non-hydrogen) atoms. The Kier molecular flexibility index (Phi) is 17.8. The van der Waals surface area contributed by atoms with Crippen LogP contribution in [0.25, 0.3) is 0 Å². The number of ether oxygens (including phenoxy) is 6. The average molecular weight is 1320 g/mol. The molecule has 0 bridgehead atoms. The summed E-state index contributed by atoms with van der Waals surface area (Å²) in [6.07, 6.45) is -7.77. The third-order valence-electron chi connectivity index (χ3n) is 30.6. The van der Waals surface area contributed by atoms with Crippen LogP contribution in [0.2, 0.25) is 0 Å². The fraction of sp³-hybridized carbons (Fsp3) is 0.917. The number of aliphatic hydroxyl groups is 13. The van der Waals surface area contributed by atoms with Crippen molar-refractivity contribution in [2.45, 2.75) is 290 Å². The minimum atomic E-state index is -1.80. The molecule has 528 valence electrons. The molecule has 0 spiro atoms. The highest BCUT2D eigenvalue weighted by atomic mass is 16.7. The van der Waals surface area contributed by atoms with Crippen LogP contribution in [-0.2, 0) is 38.0 Å². The van der Waals surface area contributed by atoms with Crippen molar-refractivity contribution in [3.8, 4) is 0 Å². The Labute approximate surface area is 549 Å². The highest BCUT2D eigenvalue weighted by Crippen LogP contribution is 2.78. The van der Waals surface area contributed by atoms with E-state index in [9.17, 15) is 71.2 Å². The van der Waals surface area contributed by atoms with E-state index in [1.807, 2.05) is 20.8 Å². The molecule has 13 N–H and O–H groups in total. The van der Waals surface area contributed by atoms with Gasteiger partial charge in [-0.2, -0.15) is 0 Å². The van der Waals surface area contributed by atoms with E-state index in [-0.39, 0.29) is 41.1 Å². The van der Waals surface area contributed by atoms with Gasteiger partial charge in [-0.15, -0.1) is 0 Å². The fourth-order valence-electron chi connectivity index (χ4n) is 24.1. The SMILES string of the molecule is CC(C)(CC[C@]1(C(=O)O[C@@H]2O[C@H](CO)[C@@H](O)[C@H](O)[C@H]2O)CC[C@]2(C)C(=CC[C@@H]3[C@@]4(C)C[C@@H](O)[C@H](O)[C@](C)(CO)[C@@H]4CC[C@]32C)C1)[C@H]1OC[C@]2(C)[C@@H]3CC[C@]4(C)[C@H](CC=C5[C@@H]6[C@H](O)C(C)(C)CC[C@]6(C(=O)O[C@@H]6O[C@H](CO)[C@@H](O)[C@H](O)[C@H]6O)CC[C@]54C)[C@@]3(C)C[C@@H](O)[C@@H]2O1. The third-order valence-corrected chi connectivity index (χ3v) is 30.6. The van der Waals surface area contributed by atoms with Gasteiger partial charge >= 0.3 is 11.9 Å². The zero-order valence-corrected chi connectivity index (χ0v) is 57.2. The number of hydrogen-bond acceptors (Lipinski definition) is 21. The third kappa shape index (κ3) is 9.93. The van der Waals surface area contributed by atoms with E-state index in [0.29, 0.717) is 90.1 Å². The first-order valence-electron chi connectivity index (χ1n) is 35.3. The van der Waals surface area contributed by atoms with Gasteiger partial charge in [-0.3, -0.25) is 9.59 Å². The lowest BCUT2D eigenvalue weighted by Crippen LogP contribution is -2.71. The van der Waals surface area contributed by atoms with Crippen LogP contribution in [0.5, 0.6) is 0 Å². The number of carbonyl (C=O) groups excluding carboxylic acids is 2. The van der Waals surface area contributed by atoms with Crippen LogP contribution in [0.4, 0.5) is 0 Å². The minimum Gasteiger partial charge on any atom is -0.432 e. The van der Waals surface area contributed by atoms with Crippen molar-refractivity contribution in [3.63, 3.8) is 0 Å². The molecule has 0 aromatic rings. The number of aliphatic hydroxyl groups excluding tert-OH is 13. The molecule has 0 amide bonds. The summed E-state index contributed by atoms with van der Waals surface area (Å²) < 4.78 is 37.9. The molecular weight excluding hydrogens is 1200 g/mol. The molecule has 7 saturated carbocycles. The summed E-state index contributed by atoms with van der Waals surface area (Å²) in [6.45, 7) is 24.8. The van der Waals surface area contributed by atoms with Crippen LogP contribution in [0.15, 0.2) is 23.3 Å². The average Bonchev–Trinajstić information content (AvgIpc) is 0.678. The van der Waals surface area contributed by atoms with Crippen LogP contribution in [0, 0.1) is 94.6 Å². The fourth-order valence-corrected chi connectivity index (χ4v) is 24.1. The normalized spacial score (nSPS) is 54.9. The standard InChI is InChI=1S/C72H114O21/c1-61(2)22-27-72(59(87)93-57-52(83)50(81)48(79)41(33-74)90-57)28-24-68(10)37(46(72)54(61)85)14-16-45-64(6)31-39(77)55-66(8,43(64)18-20-70(45,68)12)35-88-60(91-55)62(3,4)21-25-71(58(86)92-56-51(82)49(80)47(78)40(32-73)89-56)26-23-67(9)36(29-71)13-15-44-63(5)30-38(76)53(84)65(7,34-75)42(63)17-19-69(44,67)11/h13-14,38-57,60,73-85H,15-35H2,1-12H3/t38-,39-,40-,41-,42-,43-,44-,45-,46-,47-,48-,49+,50+,51-,52-,53+,54+,55+,56+,57+,60+,63+,64+,65-,66-,67-,68-,69-,70-,71+,72+/m1/s1. The molecule has 0 radical (unpaired) electrons. The minimum absolute atomic E-state index is 0.0425. The predicted molar refractivity (Wildman–Crippen MR) is 335 cm³/mol. The topological polar surface area (TPSA) is 353 Å². The summed E-state index contributed by atoms with van der Waals surface area (Å²) in [7, 11) is 0.